The van der Waals surface area contributed by atoms with Gasteiger partial charge in [0.25, 0.3) is 0 Å². The maximum atomic E-state index is 11.2. The normalized spacial score (nSPS) is 10.2. The number of pyridine rings is 1. The molecule has 0 amide bonds. The number of rotatable bonds is 5. The van der Waals surface area contributed by atoms with E-state index >= 15 is 0 Å². The highest BCUT2D eigenvalue weighted by atomic mass is 16.5. The number of benzene rings is 1. The van der Waals surface area contributed by atoms with Crippen molar-refractivity contribution in [3.63, 3.8) is 0 Å². The molecule has 1 N–H and O–H groups in total. The fourth-order valence-electron chi connectivity index (χ4n) is 1.76. The predicted molar refractivity (Wildman–Crippen MR) is 72.4 cm³/mol. The first kappa shape index (κ1) is 13.1. The smallest absolute Gasteiger partial charge is 0.336 e. The molecule has 2 aromatic rings. The fourth-order valence-corrected chi connectivity index (χ4v) is 1.76. The number of hydrogen-bond donors (Lipinski definition) is 1. The molecule has 19 heavy (non-hydrogen) atoms. The summed E-state index contributed by atoms with van der Waals surface area (Å²) in [4.78, 5) is 15.1. The van der Waals surface area contributed by atoms with Gasteiger partial charge in [-0.15, -0.1) is 0 Å². The Morgan fingerprint density at radius 3 is 2.63 bits per heavy atom. The van der Waals surface area contributed by atoms with Gasteiger partial charge in [-0.05, 0) is 30.2 Å². The van der Waals surface area contributed by atoms with Crippen molar-refractivity contribution < 1.29 is 14.6 Å². The van der Waals surface area contributed by atoms with Crippen molar-refractivity contribution >= 4 is 5.97 Å². The fraction of sp³-hybridized carbons (Fsp3) is 0.200. The Bertz CT molecular complexity index is 564. The van der Waals surface area contributed by atoms with Gasteiger partial charge in [0.2, 0.25) is 0 Å². The lowest BCUT2D eigenvalue weighted by Crippen LogP contribution is -2.00. The number of nitrogens with zero attached hydrogens (tertiary/aromatic N) is 1. The molecule has 0 unspecified atom stereocenters. The maximum absolute atomic E-state index is 11.2. The second kappa shape index (κ2) is 6.00. The lowest BCUT2D eigenvalue weighted by atomic mass is 10.0. The van der Waals surface area contributed by atoms with E-state index in [0.29, 0.717) is 12.2 Å². The van der Waals surface area contributed by atoms with Crippen molar-refractivity contribution in [2.24, 2.45) is 0 Å². The highest BCUT2D eigenvalue weighted by Gasteiger charge is 2.11. The molecule has 0 saturated carbocycles. The molecule has 0 spiro atoms. The van der Waals surface area contributed by atoms with Gasteiger partial charge in [0.05, 0.1) is 12.2 Å². The number of carboxylic acid groups (broad SMARTS) is 1. The third-order valence-electron chi connectivity index (χ3n) is 2.69. The molecule has 0 atom stereocenters. The van der Waals surface area contributed by atoms with E-state index in [1.165, 1.54) is 12.3 Å². The van der Waals surface area contributed by atoms with E-state index in [1.807, 2.05) is 31.2 Å². The van der Waals surface area contributed by atoms with E-state index in [0.717, 1.165) is 17.7 Å². The van der Waals surface area contributed by atoms with Gasteiger partial charge in [0, 0.05) is 18.0 Å². The SMILES string of the molecule is CCCOc1ccc(-c2cnccc2C(=O)O)cc1. The summed E-state index contributed by atoms with van der Waals surface area (Å²) in [5, 5.41) is 9.15. The molecule has 1 aromatic heterocycles. The van der Waals surface area contributed by atoms with Gasteiger partial charge in [-0.25, -0.2) is 4.79 Å². The second-order valence-corrected chi connectivity index (χ2v) is 4.10. The second-order valence-electron chi connectivity index (χ2n) is 4.10. The molecule has 4 nitrogen and oxygen atoms in total. The van der Waals surface area contributed by atoms with Crippen LogP contribution in [0.1, 0.15) is 23.7 Å². The molecule has 1 aromatic carbocycles. The summed E-state index contributed by atoms with van der Waals surface area (Å²) in [7, 11) is 0. The summed E-state index contributed by atoms with van der Waals surface area (Å²) < 4.78 is 5.49. The minimum atomic E-state index is -0.955. The topological polar surface area (TPSA) is 59.4 Å². The van der Waals surface area contributed by atoms with Gasteiger partial charge in [-0.3, -0.25) is 4.98 Å². The number of carbonyl (C=O) groups is 1. The summed E-state index contributed by atoms with van der Waals surface area (Å²) in [5.74, 6) is -0.171. The van der Waals surface area contributed by atoms with E-state index in [1.54, 1.807) is 6.20 Å². The van der Waals surface area contributed by atoms with E-state index in [2.05, 4.69) is 4.98 Å². The molecule has 0 aliphatic carbocycles. The van der Waals surface area contributed by atoms with Crippen molar-refractivity contribution in [1.29, 1.82) is 0 Å². The molecule has 0 bridgehead atoms. The van der Waals surface area contributed by atoms with Gasteiger partial charge < -0.3 is 9.84 Å². The van der Waals surface area contributed by atoms with Crippen LogP contribution in [0.3, 0.4) is 0 Å². The van der Waals surface area contributed by atoms with Crippen molar-refractivity contribution in [3.05, 3.63) is 48.3 Å². The Morgan fingerprint density at radius 1 is 1.26 bits per heavy atom. The predicted octanol–water partition coefficient (Wildman–Crippen LogP) is 3.24. The summed E-state index contributed by atoms with van der Waals surface area (Å²) in [5.41, 5.74) is 1.67. The minimum Gasteiger partial charge on any atom is -0.494 e. The number of carboxylic acids is 1. The molecule has 98 valence electrons. The number of ether oxygens (including phenoxy) is 1. The lowest BCUT2D eigenvalue weighted by Gasteiger charge is -2.08. The Balaban J connectivity index is 2.30. The van der Waals surface area contributed by atoms with Gasteiger partial charge in [0.15, 0.2) is 0 Å². The van der Waals surface area contributed by atoms with Crippen molar-refractivity contribution in [1.82, 2.24) is 4.98 Å². The molecule has 0 saturated heterocycles. The standard InChI is InChI=1S/C15H15NO3/c1-2-9-19-12-5-3-11(4-6-12)14-10-16-8-7-13(14)15(17)18/h3-8,10H,2,9H2,1H3,(H,17,18). The summed E-state index contributed by atoms with van der Waals surface area (Å²) in [6.45, 7) is 2.72. The molecular weight excluding hydrogens is 242 g/mol. The Morgan fingerprint density at radius 2 is 2.00 bits per heavy atom. The van der Waals surface area contributed by atoms with Gasteiger partial charge in [-0.1, -0.05) is 19.1 Å². The average molecular weight is 257 g/mol. The van der Waals surface area contributed by atoms with Crippen LogP contribution in [0.4, 0.5) is 0 Å². The van der Waals surface area contributed by atoms with Crippen molar-refractivity contribution in [2.45, 2.75) is 13.3 Å². The van der Waals surface area contributed by atoms with Crippen LogP contribution in [0.15, 0.2) is 42.7 Å². The van der Waals surface area contributed by atoms with Crippen LogP contribution in [-0.4, -0.2) is 22.7 Å². The largest absolute Gasteiger partial charge is 0.494 e. The van der Waals surface area contributed by atoms with Crippen LogP contribution in [-0.2, 0) is 0 Å². The number of hydrogen-bond acceptors (Lipinski definition) is 3. The molecule has 2 rings (SSSR count). The Kier molecular flexibility index (Phi) is 4.13. The van der Waals surface area contributed by atoms with Crippen LogP contribution in [0.25, 0.3) is 11.1 Å². The average Bonchev–Trinajstić information content (AvgIpc) is 2.45. The Hall–Kier alpha value is -2.36. The molecule has 0 aliphatic rings. The summed E-state index contributed by atoms with van der Waals surface area (Å²) >= 11 is 0. The molecule has 0 fully saturated rings. The molecule has 4 heteroatoms. The monoisotopic (exact) mass is 257 g/mol. The first-order chi connectivity index (χ1) is 9.22. The molecule has 0 aliphatic heterocycles. The van der Waals surface area contributed by atoms with Crippen molar-refractivity contribution in [2.75, 3.05) is 6.61 Å². The summed E-state index contributed by atoms with van der Waals surface area (Å²) in [6, 6.07) is 8.86. The van der Waals surface area contributed by atoms with Crippen molar-refractivity contribution in [3.8, 4) is 16.9 Å². The summed E-state index contributed by atoms with van der Waals surface area (Å²) in [6.07, 6.45) is 3.99. The quantitative estimate of drug-likeness (QED) is 0.893. The van der Waals surface area contributed by atoms with E-state index in [9.17, 15) is 4.79 Å². The van der Waals surface area contributed by atoms with E-state index in [4.69, 9.17) is 9.84 Å². The van der Waals surface area contributed by atoms with Crippen LogP contribution < -0.4 is 4.74 Å². The third-order valence-corrected chi connectivity index (χ3v) is 2.69. The van der Waals surface area contributed by atoms with Crippen LogP contribution in [0.2, 0.25) is 0 Å². The van der Waals surface area contributed by atoms with Crippen LogP contribution in [0.5, 0.6) is 5.75 Å². The first-order valence-corrected chi connectivity index (χ1v) is 6.13. The highest BCUT2D eigenvalue weighted by molar-refractivity contribution is 5.95. The first-order valence-electron chi connectivity index (χ1n) is 6.13. The van der Waals surface area contributed by atoms with Crippen LogP contribution in [0, 0.1) is 0 Å². The lowest BCUT2D eigenvalue weighted by molar-refractivity contribution is 0.0697. The van der Waals surface area contributed by atoms with E-state index < -0.39 is 5.97 Å². The van der Waals surface area contributed by atoms with Gasteiger partial charge in [0.1, 0.15) is 5.75 Å². The molecule has 0 radical (unpaired) electrons. The van der Waals surface area contributed by atoms with Crippen LogP contribution >= 0.6 is 0 Å². The highest BCUT2D eigenvalue weighted by Crippen LogP contribution is 2.25. The third kappa shape index (κ3) is 3.10. The zero-order valence-corrected chi connectivity index (χ0v) is 10.7. The van der Waals surface area contributed by atoms with E-state index in [-0.39, 0.29) is 5.56 Å². The molecule has 1 heterocycles. The Labute approximate surface area is 111 Å². The zero-order chi connectivity index (χ0) is 13.7. The van der Waals surface area contributed by atoms with Gasteiger partial charge in [-0.2, -0.15) is 0 Å². The number of aromatic nitrogens is 1. The zero-order valence-electron chi connectivity index (χ0n) is 10.7. The molecular formula is C15H15NO3. The number of aromatic carboxylic acids is 1. The maximum Gasteiger partial charge on any atom is 0.336 e. The minimum absolute atomic E-state index is 0.247. The van der Waals surface area contributed by atoms with Gasteiger partial charge >= 0.3 is 5.97 Å².